The highest BCUT2D eigenvalue weighted by atomic mass is 15.1. The lowest BCUT2D eigenvalue weighted by Gasteiger charge is -2.26. The van der Waals surface area contributed by atoms with Crippen LogP contribution in [0.25, 0.3) is 45.2 Å². The maximum absolute atomic E-state index is 2.33. The second-order valence-corrected chi connectivity index (χ2v) is 14.4. The Morgan fingerprint density at radius 3 is 1.07 bits per heavy atom. The summed E-state index contributed by atoms with van der Waals surface area (Å²) in [7, 11) is 0. The van der Waals surface area contributed by atoms with Crippen LogP contribution in [0.5, 0.6) is 0 Å². The third kappa shape index (κ3) is 7.89. The van der Waals surface area contributed by atoms with Crippen LogP contribution >= 0.6 is 0 Å². The van der Waals surface area contributed by atoms with E-state index in [1.54, 1.807) is 0 Å². The zero-order chi connectivity index (χ0) is 38.4. The van der Waals surface area contributed by atoms with Crippen LogP contribution in [-0.2, 0) is 0 Å². The van der Waals surface area contributed by atoms with Gasteiger partial charge in [0.15, 0.2) is 0 Å². The summed E-state index contributed by atoms with van der Waals surface area (Å²) in [6.45, 7) is 2.13. The second-order valence-electron chi connectivity index (χ2n) is 14.4. The number of hydrogen-bond acceptors (Lipinski definition) is 2. The van der Waals surface area contributed by atoms with Crippen LogP contribution in [0.4, 0.5) is 34.1 Å². The summed E-state index contributed by atoms with van der Waals surface area (Å²) in [6, 6.07) is 80.3. The predicted molar refractivity (Wildman–Crippen MR) is 244 cm³/mol. The molecule has 0 aromatic heterocycles. The second kappa shape index (κ2) is 16.1. The van der Waals surface area contributed by atoms with Crippen molar-refractivity contribution in [2.45, 2.75) is 6.92 Å². The highest BCUT2D eigenvalue weighted by Gasteiger charge is 2.14. The van der Waals surface area contributed by atoms with Crippen molar-refractivity contribution in [1.82, 2.24) is 0 Å². The molecule has 272 valence electrons. The van der Waals surface area contributed by atoms with Crippen LogP contribution in [-0.4, -0.2) is 0 Å². The van der Waals surface area contributed by atoms with E-state index in [0.717, 1.165) is 34.1 Å². The van der Waals surface area contributed by atoms with E-state index in [9.17, 15) is 0 Å². The van der Waals surface area contributed by atoms with Crippen molar-refractivity contribution in [3.8, 4) is 22.3 Å². The van der Waals surface area contributed by atoms with E-state index < -0.39 is 0 Å². The summed E-state index contributed by atoms with van der Waals surface area (Å²) < 4.78 is 0. The molecule has 9 rings (SSSR count). The van der Waals surface area contributed by atoms with Gasteiger partial charge in [-0.3, -0.25) is 0 Å². The smallest absolute Gasteiger partial charge is 0.0468 e. The molecule has 0 bridgehead atoms. The fourth-order valence-electron chi connectivity index (χ4n) is 7.43. The van der Waals surface area contributed by atoms with Gasteiger partial charge < -0.3 is 9.80 Å². The number of nitrogens with zero attached hydrogens (tertiary/aromatic N) is 2. The lowest BCUT2D eigenvalue weighted by atomic mass is 10.0. The highest BCUT2D eigenvalue weighted by molar-refractivity contribution is 5.89. The molecule has 2 nitrogen and oxygen atoms in total. The van der Waals surface area contributed by atoms with Crippen molar-refractivity contribution in [3.05, 3.63) is 241 Å². The van der Waals surface area contributed by atoms with E-state index in [4.69, 9.17) is 0 Å². The number of hydrogen-bond donors (Lipinski definition) is 0. The maximum Gasteiger partial charge on any atom is 0.0468 e. The lowest BCUT2D eigenvalue weighted by molar-refractivity contribution is 1.28. The third-order valence-corrected chi connectivity index (χ3v) is 10.5. The van der Waals surface area contributed by atoms with Gasteiger partial charge in [-0.1, -0.05) is 169 Å². The largest absolute Gasteiger partial charge is 0.311 e. The molecule has 0 saturated carbocycles. The van der Waals surface area contributed by atoms with E-state index >= 15 is 0 Å². The molecule has 0 amide bonds. The molecule has 9 aromatic rings. The summed E-state index contributed by atoms with van der Waals surface area (Å²) in [5.74, 6) is 0. The van der Waals surface area contributed by atoms with Crippen LogP contribution in [0.1, 0.15) is 16.7 Å². The predicted octanol–water partition coefficient (Wildman–Crippen LogP) is 15.6. The Morgan fingerprint density at radius 2 is 0.614 bits per heavy atom. The van der Waals surface area contributed by atoms with E-state index in [1.165, 1.54) is 49.7 Å². The maximum atomic E-state index is 2.33. The highest BCUT2D eigenvalue weighted by Crippen LogP contribution is 2.38. The SMILES string of the molecule is Cc1ccc(N(c2ccc(-c3ccc(/C=C/c4ccc(-c5ccc(N(c6ccccc6)c6ccccc6)cc5)cc4)cc3)cc2)c2ccc3ccccc3c2)cc1. The molecule has 0 aliphatic heterocycles. The van der Waals surface area contributed by atoms with E-state index in [2.05, 4.69) is 253 Å². The quantitative estimate of drug-likeness (QED) is 0.129. The fraction of sp³-hybridized carbons (Fsp3) is 0.0182. The summed E-state index contributed by atoms with van der Waals surface area (Å²) in [4.78, 5) is 4.62. The molecule has 0 spiro atoms. The monoisotopic (exact) mass is 730 g/mol. The zero-order valence-corrected chi connectivity index (χ0v) is 31.9. The molecule has 9 aromatic carbocycles. The van der Waals surface area contributed by atoms with Gasteiger partial charge in [-0.05, 0) is 124 Å². The topological polar surface area (TPSA) is 6.48 Å². The van der Waals surface area contributed by atoms with Crippen molar-refractivity contribution in [3.63, 3.8) is 0 Å². The van der Waals surface area contributed by atoms with Crippen LogP contribution in [0, 0.1) is 6.92 Å². The Morgan fingerprint density at radius 1 is 0.281 bits per heavy atom. The fourth-order valence-corrected chi connectivity index (χ4v) is 7.43. The van der Waals surface area contributed by atoms with Crippen LogP contribution < -0.4 is 9.80 Å². The van der Waals surface area contributed by atoms with Crippen molar-refractivity contribution in [1.29, 1.82) is 0 Å². The molecule has 0 unspecified atom stereocenters. The average Bonchev–Trinajstić information content (AvgIpc) is 3.28. The molecular weight excluding hydrogens is 689 g/mol. The Kier molecular flexibility index (Phi) is 9.99. The normalized spacial score (nSPS) is 11.2. The van der Waals surface area contributed by atoms with Crippen LogP contribution in [0.2, 0.25) is 0 Å². The minimum absolute atomic E-state index is 1.12. The van der Waals surface area contributed by atoms with Gasteiger partial charge in [-0.25, -0.2) is 0 Å². The van der Waals surface area contributed by atoms with Crippen molar-refractivity contribution in [2.24, 2.45) is 0 Å². The zero-order valence-electron chi connectivity index (χ0n) is 31.9. The standard InChI is InChI=1S/C55H42N2/c1-41-16-33-52(34-17-41)57(55-39-32-44-10-8-9-11-49(44)40-55)54-37-30-48(31-38-54)46-26-22-43(23-27-46)19-18-42-20-24-45(25-21-42)47-28-35-53(36-29-47)56(50-12-4-2-5-13-50)51-14-6-3-7-15-51/h2-40H,1H3/b19-18+. The van der Waals surface area contributed by atoms with Crippen molar-refractivity contribution >= 4 is 57.0 Å². The van der Waals surface area contributed by atoms with Gasteiger partial charge in [0.05, 0.1) is 0 Å². The van der Waals surface area contributed by atoms with Crippen molar-refractivity contribution < 1.29 is 0 Å². The van der Waals surface area contributed by atoms with Gasteiger partial charge in [0.2, 0.25) is 0 Å². The average molecular weight is 731 g/mol. The molecule has 0 radical (unpaired) electrons. The Labute approximate surface area is 335 Å². The first-order valence-electron chi connectivity index (χ1n) is 19.5. The Hall–Kier alpha value is -7.42. The number of aryl methyl sites for hydroxylation is 1. The first-order valence-corrected chi connectivity index (χ1v) is 19.5. The van der Waals surface area contributed by atoms with E-state index in [-0.39, 0.29) is 0 Å². The van der Waals surface area contributed by atoms with Gasteiger partial charge in [0.25, 0.3) is 0 Å². The molecule has 0 aliphatic rings. The van der Waals surface area contributed by atoms with E-state index in [0.29, 0.717) is 0 Å². The van der Waals surface area contributed by atoms with Gasteiger partial charge in [0.1, 0.15) is 0 Å². The molecule has 0 saturated heterocycles. The number of benzene rings is 9. The van der Waals surface area contributed by atoms with Gasteiger partial charge in [0, 0.05) is 34.1 Å². The minimum atomic E-state index is 1.12. The number of rotatable bonds is 10. The Balaban J connectivity index is 0.884. The molecule has 0 fully saturated rings. The first-order chi connectivity index (χ1) is 28.1. The van der Waals surface area contributed by atoms with Crippen LogP contribution in [0.3, 0.4) is 0 Å². The minimum Gasteiger partial charge on any atom is -0.311 e. The van der Waals surface area contributed by atoms with E-state index in [1.807, 2.05) is 0 Å². The third-order valence-electron chi connectivity index (χ3n) is 10.5. The molecule has 0 atom stereocenters. The lowest BCUT2D eigenvalue weighted by Crippen LogP contribution is -2.09. The van der Waals surface area contributed by atoms with Gasteiger partial charge in [-0.15, -0.1) is 0 Å². The molecule has 57 heavy (non-hydrogen) atoms. The first kappa shape index (κ1) is 35.3. The summed E-state index contributed by atoms with van der Waals surface area (Å²) in [5, 5.41) is 2.47. The van der Waals surface area contributed by atoms with Crippen molar-refractivity contribution in [2.75, 3.05) is 9.80 Å². The van der Waals surface area contributed by atoms with Gasteiger partial charge in [-0.2, -0.15) is 0 Å². The summed E-state index contributed by atoms with van der Waals surface area (Å²) in [5.41, 5.74) is 15.1. The van der Waals surface area contributed by atoms with Crippen LogP contribution in [0.15, 0.2) is 224 Å². The molecule has 0 aliphatic carbocycles. The van der Waals surface area contributed by atoms with Gasteiger partial charge >= 0.3 is 0 Å². The molecule has 0 N–H and O–H groups in total. The molecular formula is C55H42N2. The molecule has 0 heterocycles. The summed E-state index contributed by atoms with van der Waals surface area (Å²) >= 11 is 0. The number of para-hydroxylation sites is 2. The number of fused-ring (bicyclic) bond motifs is 1. The summed E-state index contributed by atoms with van der Waals surface area (Å²) in [6.07, 6.45) is 4.36. The molecule has 2 heteroatoms. The Bertz CT molecular complexity index is 2690. The number of anilines is 6.